The number of hydrogen-bond acceptors (Lipinski definition) is 4. The first-order valence-corrected chi connectivity index (χ1v) is 10.3. The van der Waals surface area contributed by atoms with E-state index in [0.717, 1.165) is 27.9 Å². The first-order chi connectivity index (χ1) is 12.8. The fourth-order valence-corrected chi connectivity index (χ4v) is 3.84. The van der Waals surface area contributed by atoms with Crippen molar-refractivity contribution >= 4 is 17.5 Å². The SMILES string of the molecule is CC(C)n1cc(C(=O)c2cc(C(C)(C)C)c(O)c(C(C)(C)C)c2)cc1SC#N. The molecule has 0 aliphatic carbocycles. The molecular formula is C23H30N2O2S. The Balaban J connectivity index is 2.66. The molecule has 1 aromatic heterocycles. The molecule has 4 nitrogen and oxygen atoms in total. The molecule has 0 saturated carbocycles. The normalized spacial score (nSPS) is 12.3. The predicted octanol–water partition coefficient (Wildman–Crippen LogP) is 6.17. The van der Waals surface area contributed by atoms with Crippen molar-refractivity contribution in [3.63, 3.8) is 0 Å². The van der Waals surface area contributed by atoms with E-state index in [1.807, 2.05) is 66.2 Å². The van der Waals surface area contributed by atoms with Crippen LogP contribution in [0.15, 0.2) is 29.4 Å². The molecule has 0 atom stereocenters. The van der Waals surface area contributed by atoms with Crippen molar-refractivity contribution in [1.82, 2.24) is 4.57 Å². The molecule has 1 heterocycles. The highest BCUT2D eigenvalue weighted by Gasteiger charge is 2.28. The molecule has 0 spiro atoms. The average molecular weight is 399 g/mol. The zero-order chi connectivity index (χ0) is 21.4. The maximum atomic E-state index is 13.3. The molecule has 28 heavy (non-hydrogen) atoms. The number of phenols is 1. The molecule has 1 N–H and O–H groups in total. The second-order valence-corrected chi connectivity index (χ2v) is 10.3. The third-order valence-electron chi connectivity index (χ3n) is 4.77. The smallest absolute Gasteiger partial charge is 0.194 e. The van der Waals surface area contributed by atoms with E-state index in [1.165, 1.54) is 0 Å². The molecule has 0 bridgehead atoms. The number of aromatic hydroxyl groups is 1. The van der Waals surface area contributed by atoms with Gasteiger partial charge < -0.3 is 9.67 Å². The van der Waals surface area contributed by atoms with Crippen molar-refractivity contribution < 1.29 is 9.90 Å². The van der Waals surface area contributed by atoms with E-state index >= 15 is 0 Å². The lowest BCUT2D eigenvalue weighted by molar-refractivity contribution is 0.103. The van der Waals surface area contributed by atoms with Crippen LogP contribution in [0.1, 0.15) is 88.5 Å². The average Bonchev–Trinajstić information content (AvgIpc) is 2.96. The third-order valence-corrected chi connectivity index (χ3v) is 5.40. The quantitative estimate of drug-likeness (QED) is 0.380. The van der Waals surface area contributed by atoms with Crippen LogP contribution in [0.5, 0.6) is 5.75 Å². The highest BCUT2D eigenvalue weighted by Crippen LogP contribution is 2.40. The van der Waals surface area contributed by atoms with E-state index in [9.17, 15) is 9.90 Å². The number of aromatic nitrogens is 1. The molecule has 5 heteroatoms. The standard InChI is InChI=1S/C23H30N2O2S/c1-14(2)25-12-16(11-19(25)28-13-24)20(26)15-9-17(22(3,4)5)21(27)18(10-15)23(6,7)8/h9-12,14,27H,1-8H3. The van der Waals surface area contributed by atoms with Crippen LogP contribution in [-0.4, -0.2) is 15.5 Å². The summed E-state index contributed by atoms with van der Waals surface area (Å²) >= 11 is 1.06. The Hall–Kier alpha value is -2.19. The van der Waals surface area contributed by atoms with E-state index in [-0.39, 0.29) is 28.4 Å². The number of carbonyl (C=O) groups excluding carboxylic acids is 1. The third kappa shape index (κ3) is 4.44. The number of benzene rings is 1. The molecule has 0 aliphatic heterocycles. The van der Waals surface area contributed by atoms with Crippen LogP contribution < -0.4 is 0 Å². The molecule has 0 saturated heterocycles. The van der Waals surface area contributed by atoms with Gasteiger partial charge in [0.25, 0.3) is 0 Å². The summed E-state index contributed by atoms with van der Waals surface area (Å²) in [5.74, 6) is 0.159. The van der Waals surface area contributed by atoms with E-state index in [1.54, 1.807) is 18.2 Å². The first kappa shape index (κ1) is 22.1. The molecular weight excluding hydrogens is 368 g/mol. The molecule has 2 aromatic rings. The predicted molar refractivity (Wildman–Crippen MR) is 115 cm³/mol. The van der Waals surface area contributed by atoms with Crippen LogP contribution in [0.2, 0.25) is 0 Å². The molecule has 0 amide bonds. The van der Waals surface area contributed by atoms with Crippen LogP contribution in [0, 0.1) is 10.7 Å². The Bertz CT molecular complexity index is 900. The molecule has 2 rings (SSSR count). The van der Waals surface area contributed by atoms with Crippen LogP contribution >= 0.6 is 11.8 Å². The molecule has 0 aliphatic rings. The molecule has 150 valence electrons. The summed E-state index contributed by atoms with van der Waals surface area (Å²) in [7, 11) is 0. The van der Waals surface area contributed by atoms with Gasteiger partial charge in [0, 0.05) is 46.3 Å². The van der Waals surface area contributed by atoms with Gasteiger partial charge in [0.05, 0.1) is 5.03 Å². The highest BCUT2D eigenvalue weighted by atomic mass is 32.2. The van der Waals surface area contributed by atoms with Gasteiger partial charge in [-0.3, -0.25) is 4.79 Å². The van der Waals surface area contributed by atoms with Crippen molar-refractivity contribution in [2.45, 2.75) is 77.3 Å². The van der Waals surface area contributed by atoms with Gasteiger partial charge in [-0.05, 0) is 42.9 Å². The van der Waals surface area contributed by atoms with Gasteiger partial charge in [0.2, 0.25) is 0 Å². The number of hydrogen-bond donors (Lipinski definition) is 1. The lowest BCUT2D eigenvalue weighted by atomic mass is 9.78. The van der Waals surface area contributed by atoms with Crippen molar-refractivity contribution in [3.05, 3.63) is 46.6 Å². The summed E-state index contributed by atoms with van der Waals surface area (Å²) in [6.45, 7) is 16.2. The van der Waals surface area contributed by atoms with E-state index in [0.29, 0.717) is 11.1 Å². The number of thiocyanates is 1. The van der Waals surface area contributed by atoms with Crippen molar-refractivity contribution in [3.8, 4) is 11.2 Å². The summed E-state index contributed by atoms with van der Waals surface area (Å²) in [5.41, 5.74) is 2.04. The summed E-state index contributed by atoms with van der Waals surface area (Å²) in [6.07, 6.45) is 1.81. The van der Waals surface area contributed by atoms with Gasteiger partial charge in [-0.25, -0.2) is 0 Å². The van der Waals surface area contributed by atoms with Crippen molar-refractivity contribution in [2.24, 2.45) is 0 Å². The second-order valence-electron chi connectivity index (χ2n) is 9.51. The number of nitrogens with zero attached hydrogens (tertiary/aromatic N) is 2. The Kier molecular flexibility index (Phi) is 6.06. The molecule has 1 aromatic carbocycles. The summed E-state index contributed by atoms with van der Waals surface area (Å²) in [5, 5.41) is 22.8. The highest BCUT2D eigenvalue weighted by molar-refractivity contribution is 8.03. The minimum atomic E-state index is -0.300. The summed E-state index contributed by atoms with van der Waals surface area (Å²) in [6, 6.07) is 5.52. The molecule has 0 unspecified atom stereocenters. The topological polar surface area (TPSA) is 66.0 Å². The maximum Gasteiger partial charge on any atom is 0.194 e. The summed E-state index contributed by atoms with van der Waals surface area (Å²) in [4.78, 5) is 13.3. The fourth-order valence-electron chi connectivity index (χ4n) is 3.19. The van der Waals surface area contributed by atoms with Gasteiger partial charge in [0.15, 0.2) is 5.78 Å². The number of carbonyl (C=O) groups is 1. The van der Waals surface area contributed by atoms with Crippen LogP contribution in [0.3, 0.4) is 0 Å². The zero-order valence-electron chi connectivity index (χ0n) is 18.0. The Labute approximate surface area is 172 Å². The van der Waals surface area contributed by atoms with E-state index in [2.05, 4.69) is 5.40 Å². The van der Waals surface area contributed by atoms with Crippen LogP contribution in [-0.2, 0) is 10.8 Å². The van der Waals surface area contributed by atoms with Gasteiger partial charge in [0.1, 0.15) is 11.2 Å². The summed E-state index contributed by atoms with van der Waals surface area (Å²) < 4.78 is 1.94. The lowest BCUT2D eigenvalue weighted by Crippen LogP contribution is -2.19. The van der Waals surface area contributed by atoms with Gasteiger partial charge in [-0.1, -0.05) is 41.5 Å². The van der Waals surface area contributed by atoms with E-state index < -0.39 is 0 Å². The first-order valence-electron chi connectivity index (χ1n) is 9.48. The van der Waals surface area contributed by atoms with Gasteiger partial charge in [-0.15, -0.1) is 0 Å². The second kappa shape index (κ2) is 7.67. The monoisotopic (exact) mass is 398 g/mol. The van der Waals surface area contributed by atoms with Crippen molar-refractivity contribution in [1.29, 1.82) is 5.26 Å². The van der Waals surface area contributed by atoms with Crippen LogP contribution in [0.4, 0.5) is 0 Å². The Morgan fingerprint density at radius 3 is 1.93 bits per heavy atom. The fraction of sp³-hybridized carbons (Fsp3) is 0.478. The Morgan fingerprint density at radius 1 is 1.04 bits per heavy atom. The van der Waals surface area contributed by atoms with Crippen molar-refractivity contribution in [2.75, 3.05) is 0 Å². The number of phenolic OH excluding ortho intramolecular Hbond substituents is 1. The van der Waals surface area contributed by atoms with Gasteiger partial charge >= 0.3 is 0 Å². The van der Waals surface area contributed by atoms with Crippen LogP contribution in [0.25, 0.3) is 0 Å². The Morgan fingerprint density at radius 2 is 1.54 bits per heavy atom. The molecule has 0 radical (unpaired) electrons. The minimum Gasteiger partial charge on any atom is -0.507 e. The minimum absolute atomic E-state index is 0.102. The number of rotatable bonds is 4. The number of thioether (sulfide) groups is 1. The maximum absolute atomic E-state index is 13.3. The lowest BCUT2D eigenvalue weighted by Gasteiger charge is -2.28. The largest absolute Gasteiger partial charge is 0.507 e. The number of ketones is 1. The number of nitriles is 1. The van der Waals surface area contributed by atoms with E-state index in [4.69, 9.17) is 5.26 Å². The zero-order valence-corrected chi connectivity index (χ0v) is 18.9. The van der Waals surface area contributed by atoms with Gasteiger partial charge in [-0.2, -0.15) is 5.26 Å². The molecule has 0 fully saturated rings.